The first-order valence-corrected chi connectivity index (χ1v) is 9.02. The highest BCUT2D eigenvalue weighted by molar-refractivity contribution is 5.94. The number of rotatable bonds is 5. The molecule has 5 heteroatoms. The second-order valence-corrected chi connectivity index (χ2v) is 6.29. The number of aryl methyl sites for hydroxylation is 1. The molecule has 0 saturated carbocycles. The van der Waals surface area contributed by atoms with Crippen molar-refractivity contribution in [2.75, 3.05) is 32.8 Å². The SMILES string of the molecule is CCc1ccccc1OCC(=O)N1CCN(C(=O)c2ccccc2)CC1. The fraction of sp³-hybridized carbons (Fsp3) is 0.333. The third-order valence-corrected chi connectivity index (χ3v) is 4.64. The van der Waals surface area contributed by atoms with E-state index >= 15 is 0 Å². The standard InChI is InChI=1S/C21H24N2O3/c1-2-17-8-6-7-11-19(17)26-16-20(24)22-12-14-23(15-13-22)21(25)18-9-4-3-5-10-18/h3-11H,2,12-16H2,1H3. The number of carbonyl (C=O) groups excluding carboxylic acids is 2. The Labute approximate surface area is 154 Å². The van der Waals surface area contributed by atoms with E-state index < -0.39 is 0 Å². The maximum atomic E-state index is 12.5. The van der Waals surface area contributed by atoms with Crippen LogP contribution >= 0.6 is 0 Å². The van der Waals surface area contributed by atoms with Gasteiger partial charge in [-0.05, 0) is 30.2 Å². The molecule has 0 bridgehead atoms. The van der Waals surface area contributed by atoms with Gasteiger partial charge in [-0.15, -0.1) is 0 Å². The van der Waals surface area contributed by atoms with Gasteiger partial charge in [0, 0.05) is 31.7 Å². The zero-order valence-electron chi connectivity index (χ0n) is 15.1. The Morgan fingerprint density at radius 1 is 0.885 bits per heavy atom. The Balaban J connectivity index is 1.50. The molecule has 5 nitrogen and oxygen atoms in total. The summed E-state index contributed by atoms with van der Waals surface area (Å²) in [4.78, 5) is 28.4. The average molecular weight is 352 g/mol. The zero-order valence-corrected chi connectivity index (χ0v) is 15.1. The summed E-state index contributed by atoms with van der Waals surface area (Å²) in [6.07, 6.45) is 0.866. The van der Waals surface area contributed by atoms with Gasteiger partial charge in [-0.2, -0.15) is 0 Å². The number of nitrogens with zero attached hydrogens (tertiary/aromatic N) is 2. The maximum absolute atomic E-state index is 12.5. The van der Waals surface area contributed by atoms with Gasteiger partial charge in [0.1, 0.15) is 5.75 Å². The highest BCUT2D eigenvalue weighted by atomic mass is 16.5. The second-order valence-electron chi connectivity index (χ2n) is 6.29. The Kier molecular flexibility index (Phi) is 5.89. The number of ether oxygens (including phenoxy) is 1. The monoisotopic (exact) mass is 352 g/mol. The Hall–Kier alpha value is -2.82. The van der Waals surface area contributed by atoms with Crippen molar-refractivity contribution in [2.24, 2.45) is 0 Å². The van der Waals surface area contributed by atoms with Crippen molar-refractivity contribution in [3.8, 4) is 5.75 Å². The summed E-state index contributed by atoms with van der Waals surface area (Å²) in [7, 11) is 0. The fourth-order valence-electron chi connectivity index (χ4n) is 3.09. The Morgan fingerprint density at radius 2 is 1.50 bits per heavy atom. The largest absolute Gasteiger partial charge is 0.483 e. The molecule has 3 rings (SSSR count). The van der Waals surface area contributed by atoms with Gasteiger partial charge in [0.2, 0.25) is 0 Å². The predicted octanol–water partition coefficient (Wildman–Crippen LogP) is 2.61. The van der Waals surface area contributed by atoms with Crippen LogP contribution in [-0.4, -0.2) is 54.4 Å². The molecule has 0 aliphatic carbocycles. The van der Waals surface area contributed by atoms with Crippen molar-refractivity contribution in [1.82, 2.24) is 9.80 Å². The highest BCUT2D eigenvalue weighted by Gasteiger charge is 2.25. The molecule has 0 unspecified atom stereocenters. The van der Waals surface area contributed by atoms with E-state index in [1.807, 2.05) is 54.6 Å². The van der Waals surface area contributed by atoms with Crippen molar-refractivity contribution in [3.05, 3.63) is 65.7 Å². The van der Waals surface area contributed by atoms with Crippen LogP contribution < -0.4 is 4.74 Å². The molecule has 0 atom stereocenters. The van der Waals surface area contributed by atoms with E-state index in [9.17, 15) is 9.59 Å². The van der Waals surface area contributed by atoms with Crippen LogP contribution in [0.15, 0.2) is 54.6 Å². The van der Waals surface area contributed by atoms with E-state index in [0.717, 1.165) is 17.7 Å². The lowest BCUT2D eigenvalue weighted by molar-refractivity contribution is -0.134. The molecule has 1 heterocycles. The average Bonchev–Trinajstić information content (AvgIpc) is 2.72. The normalized spacial score (nSPS) is 14.2. The molecular formula is C21H24N2O3. The van der Waals surface area contributed by atoms with Gasteiger partial charge >= 0.3 is 0 Å². The van der Waals surface area contributed by atoms with Crippen LogP contribution in [0.5, 0.6) is 5.75 Å². The summed E-state index contributed by atoms with van der Waals surface area (Å²) >= 11 is 0. The minimum Gasteiger partial charge on any atom is -0.483 e. The molecule has 0 aromatic heterocycles. The zero-order chi connectivity index (χ0) is 18.4. The van der Waals surface area contributed by atoms with Crippen molar-refractivity contribution in [2.45, 2.75) is 13.3 Å². The number of hydrogen-bond donors (Lipinski definition) is 0. The van der Waals surface area contributed by atoms with Gasteiger partial charge in [-0.25, -0.2) is 0 Å². The minimum absolute atomic E-state index is 0.0193. The van der Waals surface area contributed by atoms with Crippen molar-refractivity contribution < 1.29 is 14.3 Å². The Morgan fingerprint density at radius 3 is 2.19 bits per heavy atom. The van der Waals surface area contributed by atoms with Crippen molar-refractivity contribution in [3.63, 3.8) is 0 Å². The molecule has 2 amide bonds. The molecule has 0 radical (unpaired) electrons. The summed E-state index contributed by atoms with van der Waals surface area (Å²) < 4.78 is 5.71. The van der Waals surface area contributed by atoms with Gasteiger partial charge in [-0.3, -0.25) is 9.59 Å². The lowest BCUT2D eigenvalue weighted by atomic mass is 10.1. The van der Waals surface area contributed by atoms with E-state index in [0.29, 0.717) is 31.7 Å². The highest BCUT2D eigenvalue weighted by Crippen LogP contribution is 2.18. The molecule has 1 fully saturated rings. The molecule has 2 aromatic carbocycles. The van der Waals surface area contributed by atoms with Gasteiger partial charge in [-0.1, -0.05) is 43.3 Å². The maximum Gasteiger partial charge on any atom is 0.260 e. The summed E-state index contributed by atoms with van der Waals surface area (Å²) in [5.74, 6) is 0.745. The van der Waals surface area contributed by atoms with E-state index in [2.05, 4.69) is 6.92 Å². The first kappa shape index (κ1) is 18.0. The van der Waals surface area contributed by atoms with Gasteiger partial charge < -0.3 is 14.5 Å². The lowest BCUT2D eigenvalue weighted by Crippen LogP contribution is -2.51. The molecule has 0 N–H and O–H groups in total. The lowest BCUT2D eigenvalue weighted by Gasteiger charge is -2.34. The van der Waals surface area contributed by atoms with Crippen LogP contribution in [0.3, 0.4) is 0 Å². The summed E-state index contributed by atoms with van der Waals surface area (Å²) in [6, 6.07) is 17.0. The first-order chi connectivity index (χ1) is 12.7. The first-order valence-electron chi connectivity index (χ1n) is 9.02. The molecule has 1 aliphatic rings. The number of amides is 2. The molecule has 2 aromatic rings. The summed E-state index contributed by atoms with van der Waals surface area (Å²) in [6.45, 7) is 4.26. The quantitative estimate of drug-likeness (QED) is 0.831. The molecule has 0 spiro atoms. The molecule has 1 aliphatic heterocycles. The fourth-order valence-corrected chi connectivity index (χ4v) is 3.09. The second kappa shape index (κ2) is 8.52. The Bertz CT molecular complexity index is 753. The summed E-state index contributed by atoms with van der Waals surface area (Å²) in [5, 5.41) is 0. The minimum atomic E-state index is -0.0392. The van der Waals surface area contributed by atoms with Gasteiger partial charge in [0.15, 0.2) is 6.61 Å². The number of hydrogen-bond acceptors (Lipinski definition) is 3. The molecule has 1 saturated heterocycles. The predicted molar refractivity (Wildman–Crippen MR) is 100 cm³/mol. The number of benzene rings is 2. The van der Waals surface area contributed by atoms with Crippen LogP contribution in [0.2, 0.25) is 0 Å². The number of piperazine rings is 1. The van der Waals surface area contributed by atoms with Crippen LogP contribution in [0.1, 0.15) is 22.8 Å². The molecular weight excluding hydrogens is 328 g/mol. The van der Waals surface area contributed by atoms with E-state index in [4.69, 9.17) is 4.74 Å². The molecule has 136 valence electrons. The van der Waals surface area contributed by atoms with Crippen molar-refractivity contribution in [1.29, 1.82) is 0 Å². The van der Waals surface area contributed by atoms with Gasteiger partial charge in [0.05, 0.1) is 0 Å². The van der Waals surface area contributed by atoms with E-state index in [1.165, 1.54) is 0 Å². The van der Waals surface area contributed by atoms with Crippen LogP contribution in [-0.2, 0) is 11.2 Å². The number of carbonyl (C=O) groups is 2. The van der Waals surface area contributed by atoms with Crippen molar-refractivity contribution >= 4 is 11.8 Å². The third kappa shape index (κ3) is 4.23. The van der Waals surface area contributed by atoms with E-state index in [1.54, 1.807) is 9.80 Å². The van der Waals surface area contributed by atoms with E-state index in [-0.39, 0.29) is 18.4 Å². The number of para-hydroxylation sites is 1. The van der Waals surface area contributed by atoms with Gasteiger partial charge in [0.25, 0.3) is 11.8 Å². The molecule has 26 heavy (non-hydrogen) atoms. The summed E-state index contributed by atoms with van der Waals surface area (Å²) in [5.41, 5.74) is 1.78. The third-order valence-electron chi connectivity index (χ3n) is 4.64. The van der Waals surface area contributed by atoms with Crippen LogP contribution in [0.4, 0.5) is 0 Å². The smallest absolute Gasteiger partial charge is 0.260 e. The van der Waals surface area contributed by atoms with Crippen LogP contribution in [0, 0.1) is 0 Å². The van der Waals surface area contributed by atoms with Crippen LogP contribution in [0.25, 0.3) is 0 Å². The topological polar surface area (TPSA) is 49.9 Å².